The molecule has 0 fully saturated rings. The summed E-state index contributed by atoms with van der Waals surface area (Å²) < 4.78 is 13.5. The average molecular weight is 225 g/mol. The summed E-state index contributed by atoms with van der Waals surface area (Å²) in [6.07, 6.45) is 0. The zero-order valence-electron chi connectivity index (χ0n) is 7.66. The molecule has 0 saturated heterocycles. The van der Waals surface area contributed by atoms with Crippen LogP contribution in [0.15, 0.2) is 18.2 Å². The normalized spacial score (nSPS) is 10.5. The Morgan fingerprint density at radius 1 is 1.60 bits per heavy atom. The highest BCUT2D eigenvalue weighted by Gasteiger charge is 2.06. The van der Waals surface area contributed by atoms with E-state index >= 15 is 0 Å². The summed E-state index contributed by atoms with van der Waals surface area (Å²) in [6.45, 7) is -0.0930. The number of nitrogens with zero attached hydrogens (tertiary/aromatic N) is 1. The van der Waals surface area contributed by atoms with E-state index in [1.165, 1.54) is 23.5 Å². The van der Waals surface area contributed by atoms with E-state index in [9.17, 15) is 9.18 Å². The van der Waals surface area contributed by atoms with E-state index in [-0.39, 0.29) is 18.3 Å². The summed E-state index contributed by atoms with van der Waals surface area (Å²) in [5, 5.41) is 2.96. The van der Waals surface area contributed by atoms with E-state index < -0.39 is 0 Å². The van der Waals surface area contributed by atoms with Crippen LogP contribution in [0, 0.1) is 5.82 Å². The van der Waals surface area contributed by atoms with Crippen LogP contribution in [0.2, 0.25) is 0 Å². The van der Waals surface area contributed by atoms with E-state index in [4.69, 9.17) is 5.73 Å². The van der Waals surface area contributed by atoms with Crippen molar-refractivity contribution in [2.24, 2.45) is 5.73 Å². The number of halogens is 1. The van der Waals surface area contributed by atoms with Crippen LogP contribution in [0.1, 0.15) is 0 Å². The number of fused-ring (bicyclic) bond motifs is 1. The highest BCUT2D eigenvalue weighted by Crippen LogP contribution is 2.26. The van der Waals surface area contributed by atoms with E-state index in [1.54, 1.807) is 6.07 Å². The van der Waals surface area contributed by atoms with Gasteiger partial charge in [0.25, 0.3) is 0 Å². The number of rotatable bonds is 2. The maximum atomic E-state index is 12.8. The van der Waals surface area contributed by atoms with Gasteiger partial charge in [-0.1, -0.05) is 11.3 Å². The number of nitrogens with one attached hydrogen (secondary N) is 1. The molecule has 15 heavy (non-hydrogen) atoms. The predicted molar refractivity (Wildman–Crippen MR) is 57.3 cm³/mol. The van der Waals surface area contributed by atoms with Crippen molar-refractivity contribution < 1.29 is 9.18 Å². The van der Waals surface area contributed by atoms with Crippen LogP contribution in [0.3, 0.4) is 0 Å². The molecule has 0 bridgehead atoms. The number of aromatic nitrogens is 1. The van der Waals surface area contributed by atoms with Gasteiger partial charge in [-0.3, -0.25) is 4.79 Å². The topological polar surface area (TPSA) is 68.0 Å². The summed E-state index contributed by atoms with van der Waals surface area (Å²) >= 11 is 1.22. The maximum Gasteiger partial charge on any atom is 0.239 e. The number of hydrogen-bond donors (Lipinski definition) is 2. The minimum absolute atomic E-state index is 0.0930. The van der Waals surface area contributed by atoms with Gasteiger partial charge < -0.3 is 11.1 Å². The number of thiazole rings is 1. The van der Waals surface area contributed by atoms with Crippen LogP contribution in [0.25, 0.3) is 10.2 Å². The molecular weight excluding hydrogens is 217 g/mol. The highest BCUT2D eigenvalue weighted by atomic mass is 32.1. The van der Waals surface area contributed by atoms with Crippen LogP contribution in [0.5, 0.6) is 0 Å². The van der Waals surface area contributed by atoms with Crippen molar-refractivity contribution in [1.29, 1.82) is 0 Å². The first-order chi connectivity index (χ1) is 7.19. The van der Waals surface area contributed by atoms with E-state index in [0.29, 0.717) is 15.3 Å². The van der Waals surface area contributed by atoms with E-state index in [2.05, 4.69) is 10.3 Å². The van der Waals surface area contributed by atoms with E-state index in [1.807, 2.05) is 0 Å². The Kier molecular flexibility index (Phi) is 2.61. The molecule has 78 valence electrons. The summed E-state index contributed by atoms with van der Waals surface area (Å²) in [6, 6.07) is 4.28. The van der Waals surface area contributed by atoms with Crippen molar-refractivity contribution in [2.75, 3.05) is 11.9 Å². The Labute approximate surface area is 88.9 Å². The molecule has 3 N–H and O–H groups in total. The fourth-order valence-electron chi connectivity index (χ4n) is 1.12. The number of carbonyl (C=O) groups excluding carboxylic acids is 1. The molecule has 1 aromatic carbocycles. The van der Waals surface area contributed by atoms with Crippen LogP contribution >= 0.6 is 11.3 Å². The van der Waals surface area contributed by atoms with Crippen molar-refractivity contribution in [1.82, 2.24) is 4.98 Å². The SMILES string of the molecule is NCC(=O)Nc1nc2ccc(F)cc2s1. The van der Waals surface area contributed by atoms with Crippen LogP contribution in [0.4, 0.5) is 9.52 Å². The van der Waals surface area contributed by atoms with Crippen molar-refractivity contribution in [3.63, 3.8) is 0 Å². The number of nitrogens with two attached hydrogens (primary N) is 1. The standard InChI is InChI=1S/C9H8FN3OS/c10-5-1-2-6-7(3-5)15-9(12-6)13-8(14)4-11/h1-3H,4,11H2,(H,12,13,14). The second-order valence-corrected chi connectivity index (χ2v) is 3.91. The van der Waals surface area contributed by atoms with Crippen molar-refractivity contribution in [3.05, 3.63) is 24.0 Å². The molecule has 0 radical (unpaired) electrons. The lowest BCUT2D eigenvalue weighted by Crippen LogP contribution is -2.21. The second kappa shape index (κ2) is 3.92. The van der Waals surface area contributed by atoms with Gasteiger partial charge in [0.05, 0.1) is 16.8 Å². The molecule has 0 aliphatic heterocycles. The molecule has 2 aromatic rings. The fourth-order valence-corrected chi connectivity index (χ4v) is 2.03. The molecule has 1 heterocycles. The number of benzene rings is 1. The third-order valence-electron chi connectivity index (χ3n) is 1.78. The number of carbonyl (C=O) groups is 1. The van der Waals surface area contributed by atoms with Crippen molar-refractivity contribution >= 4 is 32.6 Å². The Morgan fingerprint density at radius 3 is 3.13 bits per heavy atom. The third-order valence-corrected chi connectivity index (χ3v) is 2.72. The number of amides is 1. The first kappa shape index (κ1) is 10.0. The first-order valence-corrected chi connectivity index (χ1v) is 5.06. The van der Waals surface area contributed by atoms with Crippen molar-refractivity contribution in [2.45, 2.75) is 0 Å². The molecular formula is C9H8FN3OS. The number of hydrogen-bond acceptors (Lipinski definition) is 4. The van der Waals surface area contributed by atoms with Gasteiger partial charge >= 0.3 is 0 Å². The lowest BCUT2D eigenvalue weighted by Gasteiger charge is -1.95. The van der Waals surface area contributed by atoms with Gasteiger partial charge in [0.1, 0.15) is 5.82 Å². The second-order valence-electron chi connectivity index (χ2n) is 2.88. The lowest BCUT2D eigenvalue weighted by molar-refractivity contribution is -0.114. The minimum atomic E-state index is -0.317. The third kappa shape index (κ3) is 2.11. The lowest BCUT2D eigenvalue weighted by atomic mass is 10.3. The minimum Gasteiger partial charge on any atom is -0.322 e. The fraction of sp³-hybridized carbons (Fsp3) is 0.111. The first-order valence-electron chi connectivity index (χ1n) is 4.25. The summed E-state index contributed by atoms with van der Waals surface area (Å²) in [4.78, 5) is 15.1. The maximum absolute atomic E-state index is 12.8. The van der Waals surface area contributed by atoms with Crippen molar-refractivity contribution in [3.8, 4) is 0 Å². The molecule has 1 aromatic heterocycles. The summed E-state index contributed by atoms with van der Waals surface area (Å²) in [5.74, 6) is -0.627. The molecule has 0 unspecified atom stereocenters. The number of anilines is 1. The molecule has 2 rings (SSSR count). The van der Waals surface area contributed by atoms with Gasteiger partial charge in [-0.25, -0.2) is 9.37 Å². The molecule has 0 atom stereocenters. The Morgan fingerprint density at radius 2 is 2.40 bits per heavy atom. The van der Waals surface area contributed by atoms with Gasteiger partial charge in [0.2, 0.25) is 5.91 Å². The Bertz CT molecular complexity index is 511. The van der Waals surface area contributed by atoms with Gasteiger partial charge in [-0.05, 0) is 18.2 Å². The Hall–Kier alpha value is -1.53. The van der Waals surface area contributed by atoms with Gasteiger partial charge in [-0.2, -0.15) is 0 Å². The average Bonchev–Trinajstić information content (AvgIpc) is 2.59. The highest BCUT2D eigenvalue weighted by molar-refractivity contribution is 7.22. The van der Waals surface area contributed by atoms with Gasteiger partial charge in [0, 0.05) is 0 Å². The van der Waals surface area contributed by atoms with Gasteiger partial charge in [0.15, 0.2) is 5.13 Å². The molecule has 6 heteroatoms. The van der Waals surface area contributed by atoms with Crippen LogP contribution < -0.4 is 11.1 Å². The van der Waals surface area contributed by atoms with Gasteiger partial charge in [-0.15, -0.1) is 0 Å². The van der Waals surface area contributed by atoms with Crippen LogP contribution in [-0.2, 0) is 4.79 Å². The smallest absolute Gasteiger partial charge is 0.239 e. The summed E-state index contributed by atoms with van der Waals surface area (Å²) in [5.41, 5.74) is 5.80. The molecule has 0 spiro atoms. The predicted octanol–water partition coefficient (Wildman–Crippen LogP) is 1.33. The van der Waals surface area contributed by atoms with Crippen LogP contribution in [-0.4, -0.2) is 17.4 Å². The molecule has 0 saturated carbocycles. The quantitative estimate of drug-likeness (QED) is 0.810. The molecule has 4 nitrogen and oxygen atoms in total. The molecule has 0 aliphatic rings. The monoisotopic (exact) mass is 225 g/mol. The zero-order chi connectivity index (χ0) is 10.8. The Balaban J connectivity index is 2.34. The summed E-state index contributed by atoms with van der Waals surface area (Å²) in [7, 11) is 0. The molecule has 1 amide bonds. The molecule has 0 aliphatic carbocycles. The van der Waals surface area contributed by atoms with E-state index in [0.717, 1.165) is 0 Å². The largest absolute Gasteiger partial charge is 0.322 e. The zero-order valence-corrected chi connectivity index (χ0v) is 8.47.